The molecule has 0 radical (unpaired) electrons. The summed E-state index contributed by atoms with van der Waals surface area (Å²) in [5.41, 5.74) is 0. The van der Waals surface area contributed by atoms with Gasteiger partial charge in [-0.15, -0.1) is 0 Å². The molecule has 0 spiro atoms. The molecule has 0 aliphatic heterocycles. The molecule has 0 heterocycles. The van der Waals surface area contributed by atoms with E-state index in [4.69, 9.17) is 14.2 Å². The number of esters is 3. The van der Waals surface area contributed by atoms with Gasteiger partial charge in [-0.05, 0) is 89.9 Å². The van der Waals surface area contributed by atoms with Gasteiger partial charge in [0.15, 0.2) is 6.10 Å². The molecule has 6 heteroatoms. The number of hydrogen-bond donors (Lipinski definition) is 0. The molecule has 0 bridgehead atoms. The van der Waals surface area contributed by atoms with E-state index < -0.39 is 6.10 Å². The van der Waals surface area contributed by atoms with Gasteiger partial charge in [0.2, 0.25) is 0 Å². The van der Waals surface area contributed by atoms with Gasteiger partial charge < -0.3 is 14.2 Å². The summed E-state index contributed by atoms with van der Waals surface area (Å²) in [6.45, 7) is 6.52. The number of rotatable bonds is 56. The Hall–Kier alpha value is -3.15. The van der Waals surface area contributed by atoms with E-state index in [1.165, 1.54) is 167 Å². The molecule has 416 valence electrons. The summed E-state index contributed by atoms with van der Waals surface area (Å²) in [5, 5.41) is 0. The molecule has 0 fully saturated rings. The zero-order valence-corrected chi connectivity index (χ0v) is 47.7. The van der Waals surface area contributed by atoms with Crippen LogP contribution in [0.4, 0.5) is 0 Å². The molecule has 0 N–H and O–H groups in total. The topological polar surface area (TPSA) is 78.9 Å². The Morgan fingerprint density at radius 2 is 0.542 bits per heavy atom. The molecule has 0 rings (SSSR count). The molecule has 0 aromatic carbocycles. The van der Waals surface area contributed by atoms with E-state index in [0.717, 1.165) is 103 Å². The fourth-order valence-corrected chi connectivity index (χ4v) is 8.82. The first-order valence-electron chi connectivity index (χ1n) is 30.9. The molecule has 0 saturated heterocycles. The van der Waals surface area contributed by atoms with Gasteiger partial charge in [-0.1, -0.05) is 273 Å². The SMILES string of the molecule is CC/C=C\C/C=C\C/C=C\C/C=C\CCCCCCCCC(=O)OCC(COC(=O)CCCCCCCCC/C=C\C/C=C\CCCCC)OC(=O)CCCCCCCCCCCCCCCCCCCC. The minimum absolute atomic E-state index is 0.0818. The van der Waals surface area contributed by atoms with E-state index in [-0.39, 0.29) is 31.1 Å². The smallest absolute Gasteiger partial charge is 0.306 e. The number of allylic oxidation sites excluding steroid dienone is 12. The number of carbonyl (C=O) groups is 3. The van der Waals surface area contributed by atoms with Crippen LogP contribution in [-0.2, 0) is 28.6 Å². The highest BCUT2D eigenvalue weighted by Crippen LogP contribution is 2.17. The predicted molar refractivity (Wildman–Crippen MR) is 311 cm³/mol. The zero-order chi connectivity index (χ0) is 52.2. The first-order chi connectivity index (χ1) is 35.5. The summed E-state index contributed by atoms with van der Waals surface area (Å²) in [5.74, 6) is -0.888. The van der Waals surface area contributed by atoms with Crippen LogP contribution in [0.5, 0.6) is 0 Å². The van der Waals surface area contributed by atoms with Gasteiger partial charge in [-0.3, -0.25) is 14.4 Å². The largest absolute Gasteiger partial charge is 0.462 e. The highest BCUT2D eigenvalue weighted by molar-refractivity contribution is 5.71. The van der Waals surface area contributed by atoms with Crippen molar-refractivity contribution in [3.05, 3.63) is 72.9 Å². The third kappa shape index (κ3) is 57.7. The molecule has 1 atom stereocenters. The van der Waals surface area contributed by atoms with Crippen LogP contribution in [0.2, 0.25) is 0 Å². The predicted octanol–water partition coefficient (Wildman–Crippen LogP) is 20.9. The molecule has 0 aromatic heterocycles. The van der Waals surface area contributed by atoms with E-state index in [9.17, 15) is 14.4 Å². The van der Waals surface area contributed by atoms with Crippen LogP contribution in [0.3, 0.4) is 0 Å². The Kier molecular flexibility index (Phi) is 57.8. The average molecular weight is 1010 g/mol. The Morgan fingerprint density at radius 1 is 0.292 bits per heavy atom. The number of ether oxygens (including phenoxy) is 3. The highest BCUT2D eigenvalue weighted by atomic mass is 16.6. The lowest BCUT2D eigenvalue weighted by Gasteiger charge is -2.18. The minimum atomic E-state index is -0.784. The van der Waals surface area contributed by atoms with Crippen molar-refractivity contribution in [2.75, 3.05) is 13.2 Å². The second kappa shape index (κ2) is 60.4. The summed E-state index contributed by atoms with van der Waals surface area (Å²) in [4.78, 5) is 38.3. The standard InChI is InChI=1S/C66H116O6/c1-4-7-10-13-16-19-22-25-28-31-33-36-38-41-44-47-50-53-56-59-65(68)71-62-63(61-70-64(67)58-55-52-49-46-43-40-37-34-30-27-24-21-18-15-12-9-6-3)72-66(69)60-57-54-51-48-45-42-39-35-32-29-26-23-20-17-14-11-8-5-2/h7,10,16,18-19,21,25,27-28,30,33,36,63H,4-6,8-9,11-15,17,20,22-24,26,29,31-32,34-35,37-62H2,1-3H3/b10-7-,19-16-,21-18-,28-25-,30-27-,36-33-. The second-order valence-corrected chi connectivity index (χ2v) is 20.6. The van der Waals surface area contributed by atoms with Crippen molar-refractivity contribution < 1.29 is 28.6 Å². The maximum Gasteiger partial charge on any atom is 0.306 e. The summed E-state index contributed by atoms with van der Waals surface area (Å²) < 4.78 is 16.9. The zero-order valence-electron chi connectivity index (χ0n) is 47.7. The van der Waals surface area contributed by atoms with Crippen molar-refractivity contribution in [1.82, 2.24) is 0 Å². The van der Waals surface area contributed by atoms with E-state index in [1.807, 2.05) is 0 Å². The number of unbranched alkanes of at least 4 members (excludes halogenated alkanes) is 33. The Bertz CT molecular complexity index is 1340. The van der Waals surface area contributed by atoms with E-state index in [0.29, 0.717) is 19.3 Å². The third-order valence-electron chi connectivity index (χ3n) is 13.4. The Labute approximate surface area is 446 Å². The minimum Gasteiger partial charge on any atom is -0.462 e. The maximum absolute atomic E-state index is 12.9. The number of carbonyl (C=O) groups excluding carboxylic acids is 3. The van der Waals surface area contributed by atoms with Crippen molar-refractivity contribution >= 4 is 17.9 Å². The third-order valence-corrected chi connectivity index (χ3v) is 13.4. The van der Waals surface area contributed by atoms with Gasteiger partial charge in [0.05, 0.1) is 0 Å². The van der Waals surface area contributed by atoms with Crippen molar-refractivity contribution in [3.63, 3.8) is 0 Å². The van der Waals surface area contributed by atoms with Gasteiger partial charge in [0.1, 0.15) is 13.2 Å². The van der Waals surface area contributed by atoms with Gasteiger partial charge >= 0.3 is 17.9 Å². The van der Waals surface area contributed by atoms with Crippen molar-refractivity contribution in [3.8, 4) is 0 Å². The lowest BCUT2D eigenvalue weighted by Crippen LogP contribution is -2.30. The molecular weight excluding hydrogens is 889 g/mol. The molecule has 72 heavy (non-hydrogen) atoms. The molecular formula is C66H116O6. The Balaban J connectivity index is 4.40. The van der Waals surface area contributed by atoms with E-state index in [2.05, 4.69) is 93.7 Å². The summed E-state index contributed by atoms with van der Waals surface area (Å²) in [6.07, 6.45) is 77.5. The monoisotopic (exact) mass is 1000 g/mol. The molecule has 0 aromatic rings. The van der Waals surface area contributed by atoms with Crippen LogP contribution in [0.25, 0.3) is 0 Å². The normalized spacial score (nSPS) is 12.5. The molecule has 0 aliphatic rings. The Morgan fingerprint density at radius 3 is 0.875 bits per heavy atom. The molecule has 0 amide bonds. The quantitative estimate of drug-likeness (QED) is 0.0261. The molecule has 1 unspecified atom stereocenters. The molecule has 6 nitrogen and oxygen atoms in total. The van der Waals surface area contributed by atoms with E-state index in [1.54, 1.807) is 0 Å². The first kappa shape index (κ1) is 68.8. The lowest BCUT2D eigenvalue weighted by atomic mass is 10.0. The van der Waals surface area contributed by atoms with Crippen LogP contribution >= 0.6 is 0 Å². The van der Waals surface area contributed by atoms with Crippen LogP contribution in [0, 0.1) is 0 Å². The lowest BCUT2D eigenvalue weighted by molar-refractivity contribution is -0.167. The van der Waals surface area contributed by atoms with Crippen molar-refractivity contribution in [2.24, 2.45) is 0 Å². The van der Waals surface area contributed by atoms with Gasteiger partial charge in [-0.2, -0.15) is 0 Å². The summed E-state index contributed by atoms with van der Waals surface area (Å²) in [6, 6.07) is 0. The average Bonchev–Trinajstić information content (AvgIpc) is 3.38. The fourth-order valence-electron chi connectivity index (χ4n) is 8.82. The summed E-state index contributed by atoms with van der Waals surface area (Å²) in [7, 11) is 0. The van der Waals surface area contributed by atoms with Crippen LogP contribution in [0.15, 0.2) is 72.9 Å². The van der Waals surface area contributed by atoms with Gasteiger partial charge in [-0.25, -0.2) is 0 Å². The first-order valence-corrected chi connectivity index (χ1v) is 30.9. The number of hydrogen-bond acceptors (Lipinski definition) is 6. The van der Waals surface area contributed by atoms with Crippen LogP contribution < -0.4 is 0 Å². The van der Waals surface area contributed by atoms with Gasteiger partial charge in [0, 0.05) is 19.3 Å². The van der Waals surface area contributed by atoms with Gasteiger partial charge in [0.25, 0.3) is 0 Å². The van der Waals surface area contributed by atoms with Crippen molar-refractivity contribution in [2.45, 2.75) is 316 Å². The fraction of sp³-hybridized carbons (Fsp3) is 0.773. The maximum atomic E-state index is 12.9. The molecule has 0 aliphatic carbocycles. The van der Waals surface area contributed by atoms with Crippen LogP contribution in [0.1, 0.15) is 310 Å². The van der Waals surface area contributed by atoms with Crippen LogP contribution in [-0.4, -0.2) is 37.2 Å². The highest BCUT2D eigenvalue weighted by Gasteiger charge is 2.19. The van der Waals surface area contributed by atoms with E-state index >= 15 is 0 Å². The second-order valence-electron chi connectivity index (χ2n) is 20.6. The molecule has 0 saturated carbocycles. The summed E-state index contributed by atoms with van der Waals surface area (Å²) >= 11 is 0. The van der Waals surface area contributed by atoms with Crippen molar-refractivity contribution in [1.29, 1.82) is 0 Å².